The fourth-order valence-electron chi connectivity index (χ4n) is 9.24. The maximum atomic E-state index is 13.9. The summed E-state index contributed by atoms with van der Waals surface area (Å²) in [6.07, 6.45) is 12.2. The Bertz CT molecular complexity index is 656. The smallest absolute Gasteiger partial charge is 0.303 e. The van der Waals surface area contributed by atoms with Gasteiger partial charge in [0.25, 0.3) is 0 Å². The van der Waals surface area contributed by atoms with Crippen LogP contribution in [-0.4, -0.2) is 16.9 Å². The van der Waals surface area contributed by atoms with E-state index in [2.05, 4.69) is 27.7 Å². The van der Waals surface area contributed by atoms with Crippen molar-refractivity contribution in [2.45, 2.75) is 98.3 Å². The van der Waals surface area contributed by atoms with Crippen LogP contribution in [0.5, 0.6) is 0 Å². The normalized spacial score (nSPS) is 47.8. The van der Waals surface area contributed by atoms with Crippen LogP contribution in [-0.2, 0) is 9.59 Å². The van der Waals surface area contributed by atoms with Gasteiger partial charge in [0.05, 0.1) is 0 Å². The van der Waals surface area contributed by atoms with Crippen molar-refractivity contribution in [2.24, 2.45) is 52.3 Å². The van der Waals surface area contributed by atoms with E-state index in [-0.39, 0.29) is 23.7 Å². The Morgan fingerprint density at radius 2 is 1.76 bits per heavy atom. The van der Waals surface area contributed by atoms with Crippen molar-refractivity contribution in [3.8, 4) is 0 Å². The molecule has 0 amide bonds. The van der Waals surface area contributed by atoms with Crippen LogP contribution in [0.25, 0.3) is 0 Å². The summed E-state index contributed by atoms with van der Waals surface area (Å²) in [4.78, 5) is 25.0. The zero-order valence-corrected chi connectivity index (χ0v) is 19.1. The molecule has 0 spiro atoms. The molecule has 4 saturated carbocycles. The average Bonchev–Trinajstić information content (AvgIpc) is 3.04. The molecule has 4 rings (SSSR count). The van der Waals surface area contributed by atoms with Crippen molar-refractivity contribution in [2.75, 3.05) is 0 Å². The summed E-state index contributed by atoms with van der Waals surface area (Å²) in [5.41, 5.74) is 0.594. The highest BCUT2D eigenvalue weighted by molar-refractivity contribution is 5.86. The van der Waals surface area contributed by atoms with E-state index in [1.165, 1.54) is 51.4 Å². The number of ketones is 1. The molecule has 0 aliphatic heterocycles. The molecule has 4 fully saturated rings. The molecule has 9 atom stereocenters. The van der Waals surface area contributed by atoms with Crippen LogP contribution in [0.4, 0.5) is 0 Å². The largest absolute Gasteiger partial charge is 0.481 e. The van der Waals surface area contributed by atoms with Gasteiger partial charge in [-0.3, -0.25) is 9.59 Å². The lowest BCUT2D eigenvalue weighted by molar-refractivity contribution is -0.168. The van der Waals surface area contributed by atoms with Crippen molar-refractivity contribution in [1.29, 1.82) is 0 Å². The van der Waals surface area contributed by atoms with Gasteiger partial charge >= 0.3 is 5.97 Å². The summed E-state index contributed by atoms with van der Waals surface area (Å²) in [6, 6.07) is 0. The number of carbonyl (C=O) groups is 2. The van der Waals surface area contributed by atoms with Crippen molar-refractivity contribution in [3.63, 3.8) is 0 Å². The Labute approximate surface area is 177 Å². The van der Waals surface area contributed by atoms with Gasteiger partial charge in [-0.25, -0.2) is 0 Å². The van der Waals surface area contributed by atoms with Gasteiger partial charge in [-0.2, -0.15) is 0 Å². The van der Waals surface area contributed by atoms with Gasteiger partial charge < -0.3 is 5.11 Å². The minimum atomic E-state index is -0.676. The molecule has 164 valence electrons. The number of Topliss-reactive ketones (excluding diaryl/α,β-unsaturated/α-hetero) is 1. The minimum absolute atomic E-state index is 0.227. The second kappa shape index (κ2) is 7.68. The number of hydrogen-bond donors (Lipinski definition) is 1. The molecule has 0 saturated heterocycles. The molecule has 0 aromatic carbocycles. The number of carboxylic acid groups (broad SMARTS) is 1. The molecule has 0 heterocycles. The fourth-order valence-corrected chi connectivity index (χ4v) is 9.24. The van der Waals surface area contributed by atoms with Gasteiger partial charge in [-0.05, 0) is 91.8 Å². The molecule has 29 heavy (non-hydrogen) atoms. The molecular weight excluding hydrogens is 360 g/mol. The first-order valence-corrected chi connectivity index (χ1v) is 12.5. The zero-order valence-electron chi connectivity index (χ0n) is 19.1. The van der Waals surface area contributed by atoms with Gasteiger partial charge in [0.15, 0.2) is 0 Å². The van der Waals surface area contributed by atoms with Crippen molar-refractivity contribution in [1.82, 2.24) is 0 Å². The van der Waals surface area contributed by atoms with Gasteiger partial charge in [0.2, 0.25) is 0 Å². The summed E-state index contributed by atoms with van der Waals surface area (Å²) in [6.45, 7) is 9.52. The summed E-state index contributed by atoms with van der Waals surface area (Å²) in [5, 5.41) is 9.14. The van der Waals surface area contributed by atoms with Crippen LogP contribution in [0.2, 0.25) is 0 Å². The molecule has 4 aliphatic rings. The predicted octanol–water partition coefficient (Wildman–Crippen LogP) is 6.35. The predicted molar refractivity (Wildman–Crippen MR) is 115 cm³/mol. The van der Waals surface area contributed by atoms with Crippen LogP contribution in [0.15, 0.2) is 0 Å². The van der Waals surface area contributed by atoms with E-state index in [0.717, 1.165) is 12.8 Å². The Morgan fingerprint density at radius 1 is 1.03 bits per heavy atom. The Morgan fingerprint density at radius 3 is 2.45 bits per heavy atom. The second-order valence-corrected chi connectivity index (χ2v) is 11.7. The molecular formula is C26H42O3. The molecule has 0 aromatic heterocycles. The van der Waals surface area contributed by atoms with Crippen LogP contribution in [0, 0.1) is 52.3 Å². The first-order valence-electron chi connectivity index (χ1n) is 12.5. The summed E-state index contributed by atoms with van der Waals surface area (Å²) in [7, 11) is 0. The van der Waals surface area contributed by atoms with E-state index in [9.17, 15) is 9.59 Å². The lowest BCUT2D eigenvalue weighted by Crippen LogP contribution is -2.59. The molecule has 3 heteroatoms. The maximum Gasteiger partial charge on any atom is 0.303 e. The number of fused-ring (bicyclic) bond motifs is 5. The molecule has 1 N–H and O–H groups in total. The minimum Gasteiger partial charge on any atom is -0.481 e. The number of rotatable bonds is 5. The number of aliphatic carboxylic acids is 1. The van der Waals surface area contributed by atoms with Crippen molar-refractivity contribution >= 4 is 11.8 Å². The van der Waals surface area contributed by atoms with E-state index >= 15 is 0 Å². The fraction of sp³-hybridized carbons (Fsp3) is 0.923. The third-order valence-corrected chi connectivity index (χ3v) is 10.6. The quantitative estimate of drug-likeness (QED) is 0.583. The molecule has 8 unspecified atom stereocenters. The van der Waals surface area contributed by atoms with Crippen molar-refractivity contribution < 1.29 is 14.7 Å². The summed E-state index contributed by atoms with van der Waals surface area (Å²) >= 11 is 0. The lowest BCUT2D eigenvalue weighted by atomic mass is 9.42. The second-order valence-electron chi connectivity index (χ2n) is 11.7. The monoisotopic (exact) mass is 402 g/mol. The Kier molecular flexibility index (Phi) is 5.66. The molecule has 3 nitrogen and oxygen atoms in total. The van der Waals surface area contributed by atoms with Gasteiger partial charge in [-0.1, -0.05) is 40.5 Å². The van der Waals surface area contributed by atoms with E-state index in [1.54, 1.807) is 0 Å². The lowest BCUT2D eigenvalue weighted by Gasteiger charge is -2.62. The van der Waals surface area contributed by atoms with Crippen molar-refractivity contribution in [3.05, 3.63) is 0 Å². The van der Waals surface area contributed by atoms with Gasteiger partial charge in [-0.15, -0.1) is 0 Å². The van der Waals surface area contributed by atoms with Crippen LogP contribution in [0.1, 0.15) is 98.3 Å². The van der Waals surface area contributed by atoms with Gasteiger partial charge in [0.1, 0.15) is 5.78 Å². The third-order valence-electron chi connectivity index (χ3n) is 10.6. The summed E-state index contributed by atoms with van der Waals surface area (Å²) in [5.74, 6) is 3.26. The van der Waals surface area contributed by atoms with E-state index < -0.39 is 5.97 Å². The zero-order chi connectivity index (χ0) is 21.0. The summed E-state index contributed by atoms with van der Waals surface area (Å²) < 4.78 is 0. The SMILES string of the molecule is CC[C@H]1C(=O)C2C3CCC(C(C)CCC(=O)O)C3(C)CCC2C2(C)CCCCC12. The molecule has 0 radical (unpaired) electrons. The highest BCUT2D eigenvalue weighted by Crippen LogP contribution is 2.68. The van der Waals surface area contributed by atoms with E-state index in [4.69, 9.17) is 5.11 Å². The first kappa shape index (κ1) is 21.4. The molecule has 0 bridgehead atoms. The number of carboxylic acids is 1. The molecule has 0 aromatic rings. The first-order chi connectivity index (χ1) is 13.7. The Hall–Kier alpha value is -0.860. The van der Waals surface area contributed by atoms with Crippen LogP contribution in [0.3, 0.4) is 0 Å². The van der Waals surface area contributed by atoms with Crippen LogP contribution < -0.4 is 0 Å². The average molecular weight is 403 g/mol. The number of hydrogen-bond acceptors (Lipinski definition) is 2. The van der Waals surface area contributed by atoms with E-state index in [1.807, 2.05) is 0 Å². The maximum absolute atomic E-state index is 13.9. The Balaban J connectivity index is 1.62. The van der Waals surface area contributed by atoms with Crippen LogP contribution >= 0.6 is 0 Å². The van der Waals surface area contributed by atoms with Gasteiger partial charge in [0, 0.05) is 18.3 Å². The number of carbonyl (C=O) groups excluding carboxylic acids is 1. The topological polar surface area (TPSA) is 54.4 Å². The highest BCUT2D eigenvalue weighted by atomic mass is 16.4. The third kappa shape index (κ3) is 3.21. The molecule has 4 aliphatic carbocycles. The van der Waals surface area contributed by atoms with E-state index in [0.29, 0.717) is 40.8 Å². The highest BCUT2D eigenvalue weighted by Gasteiger charge is 2.64. The standard InChI is InChI=1S/C26H42O3/c1-5-17-19-8-6-7-14-25(19,3)21-13-15-26(4)18(16(2)9-12-22(27)28)10-11-20(26)23(21)24(17)29/h16-21,23H,5-15H2,1-4H3,(H,27,28)/t16?,17-,18?,19?,20?,21?,23?,25?,26?/m1/s1.